The van der Waals surface area contributed by atoms with E-state index in [1.165, 1.54) is 22.3 Å². The van der Waals surface area contributed by atoms with Crippen LogP contribution in [0.3, 0.4) is 0 Å². The molecule has 0 amide bonds. The summed E-state index contributed by atoms with van der Waals surface area (Å²) < 4.78 is 6.80. The molecule has 264 valence electrons. The number of benzene rings is 9. The summed E-state index contributed by atoms with van der Waals surface area (Å²) in [5.41, 5.74) is 16.4. The topological polar surface area (TPSA) is 16.4 Å². The maximum Gasteiger partial charge on any atom is 0.159 e. The molecule has 0 aliphatic rings. The van der Waals surface area contributed by atoms with Crippen molar-refractivity contribution in [1.82, 2.24) is 0 Å². The zero-order valence-corrected chi connectivity index (χ0v) is 30.7. The molecule has 0 spiro atoms. The van der Waals surface area contributed by atoms with Crippen LogP contribution in [0, 0.1) is 0 Å². The van der Waals surface area contributed by atoms with Crippen molar-refractivity contribution in [2.45, 2.75) is 0 Å². The third-order valence-electron chi connectivity index (χ3n) is 10.7. The Morgan fingerprint density at radius 1 is 0.286 bits per heavy atom. The van der Waals surface area contributed by atoms with Crippen molar-refractivity contribution in [3.8, 4) is 55.6 Å². The normalized spacial score (nSPS) is 11.2. The van der Waals surface area contributed by atoms with Gasteiger partial charge < -0.3 is 9.32 Å². The van der Waals surface area contributed by atoms with E-state index in [0.717, 1.165) is 72.4 Å². The van der Waals surface area contributed by atoms with Gasteiger partial charge in [0.25, 0.3) is 0 Å². The fraction of sp³-hybridized carbons (Fsp3) is 0. The molecule has 0 N–H and O–H groups in total. The maximum absolute atomic E-state index is 6.80. The third-order valence-corrected chi connectivity index (χ3v) is 10.7. The number of fused-ring (bicyclic) bond motifs is 3. The first-order valence-electron chi connectivity index (χ1n) is 19.1. The van der Waals surface area contributed by atoms with Crippen molar-refractivity contribution in [1.29, 1.82) is 0 Å². The third kappa shape index (κ3) is 6.04. The summed E-state index contributed by atoms with van der Waals surface area (Å²) in [6.07, 6.45) is 0. The van der Waals surface area contributed by atoms with E-state index < -0.39 is 0 Å². The molecule has 9 aromatic carbocycles. The summed E-state index contributed by atoms with van der Waals surface area (Å²) in [4.78, 5) is 2.40. The van der Waals surface area contributed by atoms with Crippen molar-refractivity contribution in [2.75, 3.05) is 4.90 Å². The fourth-order valence-electron chi connectivity index (χ4n) is 8.09. The lowest BCUT2D eigenvalue weighted by Gasteiger charge is -2.29. The SMILES string of the molecule is c1ccc(-c2cc(-c3ccccc3)cc(N(c3ccccc3-c3ccccc3-c3ccccc3-c3ccccc3)c3cccc4c3oc3ccccc34)c2)cc1. The van der Waals surface area contributed by atoms with Gasteiger partial charge >= 0.3 is 0 Å². The number of hydrogen-bond acceptors (Lipinski definition) is 2. The summed E-state index contributed by atoms with van der Waals surface area (Å²) in [6.45, 7) is 0. The van der Waals surface area contributed by atoms with Gasteiger partial charge in [-0.1, -0.05) is 188 Å². The highest BCUT2D eigenvalue weighted by Crippen LogP contribution is 2.49. The Morgan fingerprint density at radius 3 is 1.38 bits per heavy atom. The van der Waals surface area contributed by atoms with Gasteiger partial charge in [-0.05, 0) is 86.5 Å². The Labute approximate surface area is 327 Å². The molecule has 0 fully saturated rings. The maximum atomic E-state index is 6.80. The Balaban J connectivity index is 1.26. The van der Waals surface area contributed by atoms with Crippen molar-refractivity contribution in [2.24, 2.45) is 0 Å². The smallest absolute Gasteiger partial charge is 0.159 e. The van der Waals surface area contributed by atoms with Gasteiger partial charge in [0.1, 0.15) is 5.58 Å². The summed E-state index contributed by atoms with van der Waals surface area (Å²) >= 11 is 0. The van der Waals surface area contributed by atoms with Crippen molar-refractivity contribution >= 4 is 39.0 Å². The molecule has 2 heteroatoms. The van der Waals surface area contributed by atoms with Crippen LogP contribution in [0.1, 0.15) is 0 Å². The van der Waals surface area contributed by atoms with E-state index in [2.05, 4.69) is 223 Å². The van der Waals surface area contributed by atoms with Gasteiger partial charge in [-0.2, -0.15) is 0 Å². The number of rotatable bonds is 8. The summed E-state index contributed by atoms with van der Waals surface area (Å²) in [5, 5.41) is 2.18. The highest BCUT2D eigenvalue weighted by molar-refractivity contribution is 6.11. The Bertz CT molecular complexity index is 2910. The van der Waals surface area contributed by atoms with Gasteiger partial charge in [0.15, 0.2) is 5.58 Å². The van der Waals surface area contributed by atoms with E-state index in [-0.39, 0.29) is 0 Å². The minimum absolute atomic E-state index is 0.845. The van der Waals surface area contributed by atoms with Crippen LogP contribution < -0.4 is 4.90 Å². The molecule has 0 bridgehead atoms. The molecule has 0 aliphatic heterocycles. The van der Waals surface area contributed by atoms with Crippen LogP contribution >= 0.6 is 0 Å². The van der Waals surface area contributed by atoms with Crippen LogP contribution in [0.2, 0.25) is 0 Å². The van der Waals surface area contributed by atoms with Crippen LogP contribution in [0.4, 0.5) is 17.1 Å². The predicted molar refractivity (Wildman–Crippen MR) is 236 cm³/mol. The lowest BCUT2D eigenvalue weighted by molar-refractivity contribution is 0.669. The average molecular weight is 716 g/mol. The number of para-hydroxylation sites is 3. The van der Waals surface area contributed by atoms with Crippen molar-refractivity contribution in [3.05, 3.63) is 224 Å². The largest absolute Gasteiger partial charge is 0.454 e. The molecule has 0 saturated carbocycles. The molecule has 2 nitrogen and oxygen atoms in total. The second-order valence-electron chi connectivity index (χ2n) is 14.1. The number of nitrogens with zero attached hydrogens (tertiary/aromatic N) is 1. The highest BCUT2D eigenvalue weighted by atomic mass is 16.3. The summed E-state index contributed by atoms with van der Waals surface area (Å²) in [5.74, 6) is 0. The van der Waals surface area contributed by atoms with Gasteiger partial charge in [0, 0.05) is 22.0 Å². The first-order chi connectivity index (χ1) is 27.8. The van der Waals surface area contributed by atoms with Gasteiger partial charge in [0.2, 0.25) is 0 Å². The van der Waals surface area contributed by atoms with E-state index >= 15 is 0 Å². The van der Waals surface area contributed by atoms with Crippen LogP contribution in [-0.2, 0) is 0 Å². The number of hydrogen-bond donors (Lipinski definition) is 0. The molecule has 0 radical (unpaired) electrons. The summed E-state index contributed by atoms with van der Waals surface area (Å²) in [6, 6.07) is 80.1. The highest BCUT2D eigenvalue weighted by Gasteiger charge is 2.24. The van der Waals surface area contributed by atoms with Crippen LogP contribution in [0.15, 0.2) is 229 Å². The second-order valence-corrected chi connectivity index (χ2v) is 14.1. The van der Waals surface area contributed by atoms with Crippen LogP contribution in [0.5, 0.6) is 0 Å². The van der Waals surface area contributed by atoms with E-state index in [0.29, 0.717) is 0 Å². The Kier molecular flexibility index (Phi) is 8.55. The standard InChI is InChI=1S/C54H37NO/c1-4-19-38(20-5-1)41-35-42(39-21-6-2-7-22-39)37-43(36-41)55(52-33-18-31-50-49-30-15-17-34-53(49)56-54(50)52)51-32-16-14-29-48(51)47-28-13-12-27-46(47)45-26-11-10-25-44(45)40-23-8-3-9-24-40/h1-37H. The molecule has 10 aromatic rings. The zero-order valence-electron chi connectivity index (χ0n) is 30.7. The minimum atomic E-state index is 0.845. The molecule has 1 aromatic heterocycles. The molecule has 0 saturated heterocycles. The first-order valence-corrected chi connectivity index (χ1v) is 19.1. The van der Waals surface area contributed by atoms with Crippen LogP contribution in [0.25, 0.3) is 77.6 Å². The molecule has 0 aliphatic carbocycles. The molecular weight excluding hydrogens is 679 g/mol. The Hall–Kier alpha value is -7.42. The molecular formula is C54H37NO. The molecule has 0 atom stereocenters. The van der Waals surface area contributed by atoms with E-state index in [1.54, 1.807) is 0 Å². The summed E-state index contributed by atoms with van der Waals surface area (Å²) in [7, 11) is 0. The average Bonchev–Trinajstić information content (AvgIpc) is 3.67. The minimum Gasteiger partial charge on any atom is -0.454 e. The lowest BCUT2D eigenvalue weighted by Crippen LogP contribution is -2.12. The van der Waals surface area contributed by atoms with Gasteiger partial charge in [-0.25, -0.2) is 0 Å². The first kappa shape index (κ1) is 33.2. The lowest BCUT2D eigenvalue weighted by atomic mass is 9.88. The van der Waals surface area contributed by atoms with Gasteiger partial charge in [-0.3, -0.25) is 0 Å². The van der Waals surface area contributed by atoms with Crippen molar-refractivity contribution in [3.63, 3.8) is 0 Å². The van der Waals surface area contributed by atoms with E-state index in [9.17, 15) is 0 Å². The van der Waals surface area contributed by atoms with Crippen molar-refractivity contribution < 1.29 is 4.42 Å². The number of anilines is 3. The van der Waals surface area contributed by atoms with Gasteiger partial charge in [-0.15, -0.1) is 0 Å². The van der Waals surface area contributed by atoms with Crippen LogP contribution in [-0.4, -0.2) is 0 Å². The van der Waals surface area contributed by atoms with E-state index in [1.807, 2.05) is 6.07 Å². The molecule has 10 rings (SSSR count). The monoisotopic (exact) mass is 715 g/mol. The second kappa shape index (κ2) is 14.4. The van der Waals surface area contributed by atoms with Gasteiger partial charge in [0.05, 0.1) is 11.4 Å². The zero-order chi connectivity index (χ0) is 37.3. The quantitative estimate of drug-likeness (QED) is 0.156. The predicted octanol–water partition coefficient (Wildman–Crippen LogP) is 15.4. The molecule has 1 heterocycles. The number of furan rings is 1. The molecule has 0 unspecified atom stereocenters. The molecule has 56 heavy (non-hydrogen) atoms. The fourth-order valence-corrected chi connectivity index (χ4v) is 8.09. The van der Waals surface area contributed by atoms with E-state index in [4.69, 9.17) is 4.42 Å². The Morgan fingerprint density at radius 2 is 0.732 bits per heavy atom.